The number of nitrogens with zero attached hydrogens (tertiary/aromatic N) is 2. The summed E-state index contributed by atoms with van der Waals surface area (Å²) >= 11 is 4.83. The fourth-order valence-electron chi connectivity index (χ4n) is 4.19. The molecule has 0 saturated carbocycles. The Balaban J connectivity index is 2.02. The van der Waals surface area contributed by atoms with Crippen molar-refractivity contribution in [2.24, 2.45) is 4.99 Å². The van der Waals surface area contributed by atoms with Gasteiger partial charge < -0.3 is 14.2 Å². The second-order valence-corrected chi connectivity index (χ2v) is 10.00. The van der Waals surface area contributed by atoms with E-state index in [2.05, 4.69) is 15.9 Å². The largest absolute Gasteiger partial charge is 0.497 e. The smallest absolute Gasteiger partial charge is 0.338 e. The van der Waals surface area contributed by atoms with Crippen LogP contribution in [0.1, 0.15) is 43.9 Å². The number of esters is 1. The lowest BCUT2D eigenvalue weighted by Gasteiger charge is -2.27. The number of hydrogen-bond donors (Lipinski definition) is 0. The molecule has 7 nitrogen and oxygen atoms in total. The number of allylic oxidation sites excluding steroid dienone is 1. The number of hydrogen-bond acceptors (Lipinski definition) is 7. The van der Waals surface area contributed by atoms with Crippen molar-refractivity contribution in [2.45, 2.75) is 32.7 Å². The maximum atomic E-state index is 13.8. The normalized spacial score (nSPS) is 15.4. The van der Waals surface area contributed by atoms with Crippen molar-refractivity contribution in [3.8, 4) is 11.5 Å². The number of carbonyl (C=O) groups is 1. The molecule has 0 radical (unpaired) electrons. The quantitative estimate of drug-likeness (QED) is 0.376. The van der Waals surface area contributed by atoms with Gasteiger partial charge in [0.15, 0.2) is 4.80 Å². The number of fused-ring (bicyclic) bond motifs is 1. The highest BCUT2D eigenvalue weighted by molar-refractivity contribution is 9.10. The van der Waals surface area contributed by atoms with Gasteiger partial charge in [-0.05, 0) is 55.3 Å². The predicted octanol–water partition coefficient (Wildman–Crippen LogP) is 4.36. The highest BCUT2D eigenvalue weighted by atomic mass is 79.9. The molecule has 9 heteroatoms. The predicted molar refractivity (Wildman–Crippen MR) is 143 cm³/mol. The highest BCUT2D eigenvalue weighted by Crippen LogP contribution is 2.38. The molecule has 3 aromatic rings. The molecule has 1 aliphatic rings. The van der Waals surface area contributed by atoms with Crippen LogP contribution in [0, 0.1) is 0 Å². The van der Waals surface area contributed by atoms with Crippen LogP contribution >= 0.6 is 27.3 Å². The van der Waals surface area contributed by atoms with Gasteiger partial charge in [-0.1, -0.05) is 52.7 Å². The third-order valence-corrected chi connectivity index (χ3v) is 7.27. The first kappa shape index (κ1) is 25.9. The average Bonchev–Trinajstić information content (AvgIpc) is 3.18. The fraction of sp³-hybridized carbons (Fsp3) is 0.296. The number of carbonyl (C=O) groups excluding carboxylic acids is 1. The summed E-state index contributed by atoms with van der Waals surface area (Å²) in [6.07, 6.45) is 3.18. The number of halogens is 1. The molecular weight excluding hydrogens is 544 g/mol. The maximum Gasteiger partial charge on any atom is 0.338 e. The lowest BCUT2D eigenvalue weighted by Crippen LogP contribution is -2.40. The van der Waals surface area contributed by atoms with E-state index in [1.807, 2.05) is 55.5 Å². The van der Waals surface area contributed by atoms with Gasteiger partial charge in [0.1, 0.15) is 17.5 Å². The summed E-state index contributed by atoms with van der Waals surface area (Å²) in [4.78, 5) is 32.5. The Kier molecular flexibility index (Phi) is 8.11. The van der Waals surface area contributed by atoms with Crippen LogP contribution < -0.4 is 24.4 Å². The van der Waals surface area contributed by atoms with Crippen LogP contribution in [-0.2, 0) is 9.53 Å². The molecule has 2 heterocycles. The summed E-state index contributed by atoms with van der Waals surface area (Å²) in [5, 5.41) is 0. The summed E-state index contributed by atoms with van der Waals surface area (Å²) in [5.74, 6) is 0.812. The molecule has 0 amide bonds. The molecule has 36 heavy (non-hydrogen) atoms. The number of benzene rings is 2. The Hall–Kier alpha value is -3.17. The second kappa shape index (κ2) is 11.3. The minimum atomic E-state index is -0.743. The number of thiazole rings is 1. The molecule has 0 saturated heterocycles. The van der Waals surface area contributed by atoms with E-state index >= 15 is 0 Å². The van der Waals surface area contributed by atoms with Gasteiger partial charge >= 0.3 is 5.97 Å². The fourth-order valence-corrected chi connectivity index (χ4v) is 5.58. The van der Waals surface area contributed by atoms with Crippen molar-refractivity contribution in [1.29, 1.82) is 0 Å². The van der Waals surface area contributed by atoms with Crippen molar-refractivity contribution in [3.05, 3.63) is 89.0 Å². The zero-order chi connectivity index (χ0) is 25.8. The molecule has 188 valence electrons. The molecule has 1 aromatic heterocycles. The van der Waals surface area contributed by atoms with Crippen LogP contribution in [0.3, 0.4) is 0 Å². The third kappa shape index (κ3) is 5.03. The maximum absolute atomic E-state index is 13.8. The van der Waals surface area contributed by atoms with Crippen LogP contribution in [0.2, 0.25) is 0 Å². The summed E-state index contributed by atoms with van der Waals surface area (Å²) in [5.41, 5.74) is 2.28. The summed E-state index contributed by atoms with van der Waals surface area (Å²) in [7, 11) is 3.18. The van der Waals surface area contributed by atoms with Crippen molar-refractivity contribution < 1.29 is 19.0 Å². The molecule has 0 fully saturated rings. The van der Waals surface area contributed by atoms with Gasteiger partial charge in [-0.3, -0.25) is 9.36 Å². The lowest BCUT2D eigenvalue weighted by atomic mass is 9.93. The number of methoxy groups -OCH3 is 2. The van der Waals surface area contributed by atoms with Crippen molar-refractivity contribution in [2.75, 3.05) is 20.8 Å². The van der Waals surface area contributed by atoms with Gasteiger partial charge in [0.25, 0.3) is 5.56 Å². The van der Waals surface area contributed by atoms with Crippen LogP contribution in [0.15, 0.2) is 68.0 Å². The molecule has 1 aliphatic heterocycles. The van der Waals surface area contributed by atoms with E-state index < -0.39 is 12.0 Å². The topological polar surface area (TPSA) is 79.1 Å². The Bertz CT molecular complexity index is 1490. The molecule has 0 aliphatic carbocycles. The molecule has 0 N–H and O–H groups in total. The molecule has 0 unspecified atom stereocenters. The summed E-state index contributed by atoms with van der Waals surface area (Å²) in [6, 6.07) is 12.3. The zero-order valence-corrected chi connectivity index (χ0v) is 22.9. The lowest BCUT2D eigenvalue weighted by molar-refractivity contribution is -0.139. The monoisotopic (exact) mass is 570 g/mol. The minimum Gasteiger partial charge on any atom is -0.497 e. The Morgan fingerprint density at radius 3 is 2.53 bits per heavy atom. The van der Waals surface area contributed by atoms with Crippen LogP contribution in [-0.4, -0.2) is 31.4 Å². The zero-order valence-electron chi connectivity index (χ0n) is 20.5. The number of rotatable bonds is 8. The van der Waals surface area contributed by atoms with E-state index in [0.717, 1.165) is 22.2 Å². The van der Waals surface area contributed by atoms with Crippen LogP contribution in [0.4, 0.5) is 0 Å². The SMILES string of the molecule is CCCC1=C(C(=O)OCC)[C@@H](c2cc(Br)ccc2OC)n2c(s/c(=C/c3ccc(OC)cc3)c2=O)=N1. The van der Waals surface area contributed by atoms with E-state index in [1.165, 1.54) is 11.3 Å². The van der Waals surface area contributed by atoms with Crippen molar-refractivity contribution in [1.82, 2.24) is 4.57 Å². The first-order valence-corrected chi connectivity index (χ1v) is 13.2. The van der Waals surface area contributed by atoms with Crippen molar-refractivity contribution in [3.63, 3.8) is 0 Å². The first-order valence-electron chi connectivity index (χ1n) is 11.6. The molecule has 4 rings (SSSR count). The van der Waals surface area contributed by atoms with Gasteiger partial charge in [-0.2, -0.15) is 0 Å². The Morgan fingerprint density at radius 1 is 1.14 bits per heavy atom. The van der Waals surface area contributed by atoms with Gasteiger partial charge in [-0.15, -0.1) is 0 Å². The van der Waals surface area contributed by atoms with Gasteiger partial charge in [0.05, 0.1) is 36.6 Å². The molecule has 0 bridgehead atoms. The van der Waals surface area contributed by atoms with Gasteiger partial charge in [0.2, 0.25) is 0 Å². The summed E-state index contributed by atoms with van der Waals surface area (Å²) < 4.78 is 19.2. The second-order valence-electron chi connectivity index (χ2n) is 8.07. The van der Waals surface area contributed by atoms with E-state index in [0.29, 0.717) is 38.3 Å². The van der Waals surface area contributed by atoms with Gasteiger partial charge in [0, 0.05) is 10.0 Å². The molecular formula is C27H27BrN2O5S. The third-order valence-electron chi connectivity index (χ3n) is 5.79. The summed E-state index contributed by atoms with van der Waals surface area (Å²) in [6.45, 7) is 4.00. The Labute approximate surface area is 221 Å². The van der Waals surface area contributed by atoms with Gasteiger partial charge in [-0.25, -0.2) is 9.79 Å². The first-order chi connectivity index (χ1) is 17.4. The van der Waals surface area contributed by atoms with E-state index in [9.17, 15) is 9.59 Å². The number of ether oxygens (including phenoxy) is 3. The van der Waals surface area contributed by atoms with E-state index in [4.69, 9.17) is 19.2 Å². The highest BCUT2D eigenvalue weighted by Gasteiger charge is 2.36. The minimum absolute atomic E-state index is 0.214. The average molecular weight is 571 g/mol. The van der Waals surface area contributed by atoms with Crippen LogP contribution in [0.5, 0.6) is 11.5 Å². The van der Waals surface area contributed by atoms with E-state index in [1.54, 1.807) is 25.7 Å². The molecule has 0 spiro atoms. The molecule has 1 atom stereocenters. The van der Waals surface area contributed by atoms with Crippen molar-refractivity contribution >= 4 is 39.3 Å². The van der Waals surface area contributed by atoms with Crippen LogP contribution in [0.25, 0.3) is 6.08 Å². The van der Waals surface area contributed by atoms with E-state index in [-0.39, 0.29) is 12.2 Å². The Morgan fingerprint density at radius 2 is 1.89 bits per heavy atom. The number of aromatic nitrogens is 1. The molecule has 2 aromatic carbocycles. The standard InChI is InChI=1S/C27H27BrN2O5S/c1-5-7-20-23(26(32)35-6-2)24(19-15-17(28)10-13-21(19)34-4)30-25(31)22(36-27(30)29-20)14-16-8-11-18(33-3)12-9-16/h8-15,24H,5-7H2,1-4H3/b22-14+/t24-/m1/s1.